The first-order valence-corrected chi connectivity index (χ1v) is 7.27. The van der Waals surface area contributed by atoms with Crippen LogP contribution in [0.1, 0.15) is 15.9 Å². The number of halogens is 1. The van der Waals surface area contributed by atoms with Gasteiger partial charge in [-0.25, -0.2) is 0 Å². The zero-order chi connectivity index (χ0) is 16.4. The van der Waals surface area contributed by atoms with Gasteiger partial charge in [-0.15, -0.1) is 0 Å². The minimum Gasteiger partial charge on any atom is -0.504 e. The summed E-state index contributed by atoms with van der Waals surface area (Å²) in [5.74, 6) is 0.181. The molecule has 0 aliphatic rings. The Morgan fingerprint density at radius 3 is 2.91 bits per heavy atom. The molecule has 23 heavy (non-hydrogen) atoms. The molecular weight excluding hydrogens is 318 g/mol. The molecular formula is C17H14ClNO4. The fraction of sp³-hybridized carbons (Fsp3) is 0.118. The predicted octanol–water partition coefficient (Wildman–Crippen LogP) is 3.73. The van der Waals surface area contributed by atoms with E-state index in [0.29, 0.717) is 33.8 Å². The minimum atomic E-state index is -0.236. The molecule has 2 N–H and O–H groups in total. The van der Waals surface area contributed by atoms with E-state index in [1.165, 1.54) is 19.4 Å². The summed E-state index contributed by atoms with van der Waals surface area (Å²) < 4.78 is 10.3. The second kappa shape index (κ2) is 6.22. The number of fused-ring (bicyclic) bond motifs is 1. The highest BCUT2D eigenvalue weighted by atomic mass is 35.5. The number of phenolic OH excluding ortho intramolecular Hbond substituents is 1. The largest absolute Gasteiger partial charge is 0.504 e. The van der Waals surface area contributed by atoms with Crippen LogP contribution in [0, 0.1) is 0 Å². The molecule has 0 unspecified atom stereocenters. The van der Waals surface area contributed by atoms with E-state index in [4.69, 9.17) is 20.8 Å². The molecule has 5 nitrogen and oxygen atoms in total. The van der Waals surface area contributed by atoms with Gasteiger partial charge in [-0.2, -0.15) is 0 Å². The van der Waals surface area contributed by atoms with Gasteiger partial charge in [0.1, 0.15) is 0 Å². The van der Waals surface area contributed by atoms with Crippen LogP contribution >= 0.6 is 11.6 Å². The van der Waals surface area contributed by atoms with Gasteiger partial charge in [0.15, 0.2) is 17.1 Å². The van der Waals surface area contributed by atoms with E-state index in [2.05, 4.69) is 5.32 Å². The van der Waals surface area contributed by atoms with Gasteiger partial charge in [-0.1, -0.05) is 17.7 Å². The van der Waals surface area contributed by atoms with E-state index in [1.807, 2.05) is 0 Å². The second-order valence-electron chi connectivity index (χ2n) is 4.95. The van der Waals surface area contributed by atoms with Gasteiger partial charge in [-0.3, -0.25) is 4.79 Å². The van der Waals surface area contributed by atoms with Crippen molar-refractivity contribution in [1.29, 1.82) is 0 Å². The first-order valence-electron chi connectivity index (χ1n) is 6.90. The van der Waals surface area contributed by atoms with Gasteiger partial charge in [0.25, 0.3) is 5.91 Å². The molecule has 1 heterocycles. The van der Waals surface area contributed by atoms with Crippen molar-refractivity contribution in [2.75, 3.05) is 7.11 Å². The topological polar surface area (TPSA) is 71.7 Å². The molecule has 0 fully saturated rings. The lowest BCUT2D eigenvalue weighted by molar-refractivity contribution is 0.0952. The summed E-state index contributed by atoms with van der Waals surface area (Å²) in [5, 5.41) is 13.5. The molecule has 0 saturated heterocycles. The van der Waals surface area contributed by atoms with Crippen molar-refractivity contribution >= 4 is 28.5 Å². The van der Waals surface area contributed by atoms with Crippen molar-refractivity contribution in [3.63, 3.8) is 0 Å². The van der Waals surface area contributed by atoms with Crippen LogP contribution in [0.4, 0.5) is 0 Å². The molecule has 0 aliphatic heterocycles. The lowest BCUT2D eigenvalue weighted by Gasteiger charge is -2.09. The van der Waals surface area contributed by atoms with E-state index in [-0.39, 0.29) is 11.7 Å². The highest BCUT2D eigenvalue weighted by molar-refractivity contribution is 6.35. The fourth-order valence-electron chi connectivity index (χ4n) is 2.34. The number of ether oxygens (including phenoxy) is 1. The molecule has 0 atom stereocenters. The first-order chi connectivity index (χ1) is 11.1. The fourth-order valence-corrected chi connectivity index (χ4v) is 2.55. The lowest BCUT2D eigenvalue weighted by atomic mass is 10.1. The number of phenols is 1. The van der Waals surface area contributed by atoms with Crippen LogP contribution < -0.4 is 10.1 Å². The predicted molar refractivity (Wildman–Crippen MR) is 87.1 cm³/mol. The summed E-state index contributed by atoms with van der Waals surface area (Å²) in [5.41, 5.74) is 1.79. The Labute approximate surface area is 137 Å². The van der Waals surface area contributed by atoms with Crippen LogP contribution in [0.5, 0.6) is 11.5 Å². The molecule has 0 bridgehead atoms. The monoisotopic (exact) mass is 331 g/mol. The molecule has 1 aromatic heterocycles. The third kappa shape index (κ3) is 2.96. The third-order valence-corrected chi connectivity index (χ3v) is 3.81. The first kappa shape index (κ1) is 15.2. The lowest BCUT2D eigenvalue weighted by Crippen LogP contribution is -2.22. The van der Waals surface area contributed by atoms with Gasteiger partial charge < -0.3 is 19.6 Å². The summed E-state index contributed by atoms with van der Waals surface area (Å²) in [6.07, 6.45) is 1.50. The van der Waals surface area contributed by atoms with E-state index in [0.717, 1.165) is 5.56 Å². The van der Waals surface area contributed by atoms with Crippen molar-refractivity contribution in [2.24, 2.45) is 0 Å². The SMILES string of the molecule is COc1cc(CNC(=O)c2ccc(Cl)c3occc23)ccc1O. The molecule has 0 spiro atoms. The summed E-state index contributed by atoms with van der Waals surface area (Å²) >= 11 is 6.03. The van der Waals surface area contributed by atoms with Crippen LogP contribution in [0.25, 0.3) is 11.0 Å². The number of hydrogen-bond donors (Lipinski definition) is 2. The molecule has 0 aliphatic carbocycles. The van der Waals surface area contributed by atoms with Crippen molar-refractivity contribution < 1.29 is 19.1 Å². The van der Waals surface area contributed by atoms with Gasteiger partial charge in [-0.05, 0) is 35.9 Å². The molecule has 3 rings (SSSR count). The van der Waals surface area contributed by atoms with Crippen LogP contribution in [-0.4, -0.2) is 18.1 Å². The highest BCUT2D eigenvalue weighted by Gasteiger charge is 2.14. The van der Waals surface area contributed by atoms with Crippen LogP contribution in [0.2, 0.25) is 5.02 Å². The number of carbonyl (C=O) groups is 1. The maximum absolute atomic E-state index is 12.4. The number of nitrogens with one attached hydrogen (secondary N) is 1. The third-order valence-electron chi connectivity index (χ3n) is 3.51. The van der Waals surface area contributed by atoms with Crippen LogP contribution in [0.3, 0.4) is 0 Å². The van der Waals surface area contributed by atoms with E-state index < -0.39 is 0 Å². The number of hydrogen-bond acceptors (Lipinski definition) is 4. The summed E-state index contributed by atoms with van der Waals surface area (Å²) in [4.78, 5) is 12.4. The molecule has 1 amide bonds. The van der Waals surface area contributed by atoms with Crippen LogP contribution in [-0.2, 0) is 6.54 Å². The van der Waals surface area contributed by atoms with Gasteiger partial charge in [0, 0.05) is 11.9 Å². The Hall–Kier alpha value is -2.66. The Bertz CT molecular complexity index is 872. The average molecular weight is 332 g/mol. The number of rotatable bonds is 4. The Kier molecular flexibility index (Phi) is 4.12. The number of aromatic hydroxyl groups is 1. The molecule has 118 valence electrons. The standard InChI is InChI=1S/C17H14ClNO4/c1-22-15-8-10(2-5-14(15)20)9-19-17(21)12-3-4-13(18)16-11(12)6-7-23-16/h2-8,20H,9H2,1H3,(H,19,21). The normalized spacial score (nSPS) is 10.7. The number of amides is 1. The Balaban J connectivity index is 1.79. The van der Waals surface area contributed by atoms with Crippen molar-refractivity contribution in [2.45, 2.75) is 6.54 Å². The van der Waals surface area contributed by atoms with Gasteiger partial charge >= 0.3 is 0 Å². The minimum absolute atomic E-state index is 0.0559. The smallest absolute Gasteiger partial charge is 0.252 e. The molecule has 3 aromatic rings. The Morgan fingerprint density at radius 2 is 2.13 bits per heavy atom. The van der Waals surface area contributed by atoms with E-state index in [1.54, 1.807) is 30.3 Å². The highest BCUT2D eigenvalue weighted by Crippen LogP contribution is 2.28. The molecule has 0 saturated carbocycles. The van der Waals surface area contributed by atoms with Crippen molar-refractivity contribution in [3.8, 4) is 11.5 Å². The second-order valence-corrected chi connectivity index (χ2v) is 5.35. The number of furan rings is 1. The van der Waals surface area contributed by atoms with Gasteiger partial charge in [0.2, 0.25) is 0 Å². The molecule has 6 heteroatoms. The van der Waals surface area contributed by atoms with Crippen LogP contribution in [0.15, 0.2) is 47.1 Å². The van der Waals surface area contributed by atoms with Crippen molar-refractivity contribution in [1.82, 2.24) is 5.32 Å². The van der Waals surface area contributed by atoms with E-state index in [9.17, 15) is 9.90 Å². The number of methoxy groups -OCH3 is 1. The summed E-state index contributed by atoms with van der Waals surface area (Å²) in [7, 11) is 1.47. The Morgan fingerprint density at radius 1 is 1.30 bits per heavy atom. The van der Waals surface area contributed by atoms with Crippen molar-refractivity contribution in [3.05, 3.63) is 58.8 Å². The zero-order valence-electron chi connectivity index (χ0n) is 12.3. The number of benzene rings is 2. The maximum Gasteiger partial charge on any atom is 0.252 e. The average Bonchev–Trinajstić information content (AvgIpc) is 3.04. The number of carbonyl (C=O) groups excluding carboxylic acids is 1. The van der Waals surface area contributed by atoms with E-state index >= 15 is 0 Å². The summed E-state index contributed by atoms with van der Waals surface area (Å²) in [6, 6.07) is 9.91. The maximum atomic E-state index is 12.4. The molecule has 2 aromatic carbocycles. The summed E-state index contributed by atoms with van der Waals surface area (Å²) in [6.45, 7) is 0.303. The molecule has 0 radical (unpaired) electrons. The quantitative estimate of drug-likeness (QED) is 0.764. The zero-order valence-corrected chi connectivity index (χ0v) is 13.1. The van der Waals surface area contributed by atoms with Gasteiger partial charge in [0.05, 0.1) is 24.0 Å².